The van der Waals surface area contributed by atoms with E-state index in [1.807, 2.05) is 0 Å². The van der Waals surface area contributed by atoms with Crippen LogP contribution in [0.15, 0.2) is 56.5 Å². The van der Waals surface area contributed by atoms with E-state index in [9.17, 15) is 18.0 Å². The number of hydrogen-bond donors (Lipinski definition) is 0. The molecular formula is C22H23N3O8S. The van der Waals surface area contributed by atoms with Crippen LogP contribution in [-0.2, 0) is 14.8 Å². The average molecular weight is 490 g/mol. The second kappa shape index (κ2) is 9.69. The maximum atomic E-state index is 13.5. The summed E-state index contributed by atoms with van der Waals surface area (Å²) in [6.07, 6.45) is 1.41. The number of aromatic nitrogens is 1. The molecule has 2 aromatic heterocycles. The van der Waals surface area contributed by atoms with Crippen LogP contribution in [-0.4, -0.2) is 74.6 Å². The minimum absolute atomic E-state index is 0.0191. The van der Waals surface area contributed by atoms with Crippen molar-refractivity contribution in [3.63, 3.8) is 0 Å². The van der Waals surface area contributed by atoms with Crippen LogP contribution in [0, 0.1) is 0 Å². The number of methoxy groups -OCH3 is 1. The molecule has 1 saturated heterocycles. The van der Waals surface area contributed by atoms with Crippen LogP contribution in [0.3, 0.4) is 0 Å². The summed E-state index contributed by atoms with van der Waals surface area (Å²) in [5.41, 5.74) is 0.378. The first kappa shape index (κ1) is 23.5. The van der Waals surface area contributed by atoms with Crippen molar-refractivity contribution in [2.75, 3.05) is 39.9 Å². The lowest BCUT2D eigenvalue weighted by molar-refractivity contribution is 0.0514. The zero-order chi connectivity index (χ0) is 24.3. The van der Waals surface area contributed by atoms with Gasteiger partial charge in [0.15, 0.2) is 17.2 Å². The van der Waals surface area contributed by atoms with E-state index in [-0.39, 0.29) is 66.6 Å². The summed E-state index contributed by atoms with van der Waals surface area (Å²) in [5.74, 6) is -0.357. The highest BCUT2D eigenvalue weighted by atomic mass is 32.2. The van der Waals surface area contributed by atoms with Gasteiger partial charge in [-0.2, -0.15) is 4.31 Å². The molecule has 1 aliphatic heterocycles. The maximum Gasteiger partial charge on any atom is 0.360 e. The Labute approximate surface area is 195 Å². The Kier molecular flexibility index (Phi) is 6.70. The lowest BCUT2D eigenvalue weighted by Gasteiger charge is -2.33. The van der Waals surface area contributed by atoms with Crippen molar-refractivity contribution in [2.24, 2.45) is 0 Å². The van der Waals surface area contributed by atoms with E-state index < -0.39 is 16.0 Å². The van der Waals surface area contributed by atoms with Crippen molar-refractivity contribution in [1.29, 1.82) is 0 Å². The molecule has 0 bridgehead atoms. The monoisotopic (exact) mass is 489 g/mol. The Morgan fingerprint density at radius 1 is 1.12 bits per heavy atom. The molecule has 3 aromatic rings. The molecule has 1 amide bonds. The molecule has 4 rings (SSSR count). The summed E-state index contributed by atoms with van der Waals surface area (Å²) in [6.45, 7) is 2.51. The van der Waals surface area contributed by atoms with E-state index in [2.05, 4.69) is 5.16 Å². The lowest BCUT2D eigenvalue weighted by atomic mass is 10.1. The van der Waals surface area contributed by atoms with E-state index in [0.717, 1.165) is 0 Å². The number of rotatable bonds is 7. The topological polar surface area (TPSA) is 132 Å². The Bertz CT molecular complexity index is 1280. The molecule has 0 radical (unpaired) electrons. The molecule has 0 spiro atoms. The third-order valence-electron chi connectivity index (χ3n) is 5.32. The Hall–Kier alpha value is -3.64. The van der Waals surface area contributed by atoms with Gasteiger partial charge in [0.2, 0.25) is 10.0 Å². The number of nitrogens with zero attached hydrogens (tertiary/aromatic N) is 3. The normalized spacial score (nSPS) is 14.7. The van der Waals surface area contributed by atoms with Gasteiger partial charge >= 0.3 is 5.97 Å². The molecule has 0 unspecified atom stereocenters. The molecule has 0 atom stereocenters. The van der Waals surface area contributed by atoms with E-state index in [1.165, 1.54) is 35.9 Å². The fraction of sp³-hybridized carbons (Fsp3) is 0.318. The highest BCUT2D eigenvalue weighted by molar-refractivity contribution is 7.89. The zero-order valence-electron chi connectivity index (χ0n) is 18.6. The number of carbonyl (C=O) groups is 2. The van der Waals surface area contributed by atoms with Crippen LogP contribution >= 0.6 is 0 Å². The third-order valence-corrected chi connectivity index (χ3v) is 7.24. The van der Waals surface area contributed by atoms with Crippen molar-refractivity contribution in [1.82, 2.24) is 14.4 Å². The summed E-state index contributed by atoms with van der Waals surface area (Å²) in [5, 5.41) is 3.70. The van der Waals surface area contributed by atoms with Crippen LogP contribution in [0.5, 0.6) is 5.75 Å². The van der Waals surface area contributed by atoms with Gasteiger partial charge in [0.05, 0.1) is 20.0 Å². The molecule has 34 heavy (non-hydrogen) atoms. The highest BCUT2D eigenvalue weighted by Crippen LogP contribution is 2.32. The summed E-state index contributed by atoms with van der Waals surface area (Å²) in [7, 11) is -2.59. The molecule has 12 heteroatoms. The lowest BCUT2D eigenvalue weighted by Crippen LogP contribution is -2.50. The number of benzene rings is 1. The van der Waals surface area contributed by atoms with E-state index in [1.54, 1.807) is 30.0 Å². The summed E-state index contributed by atoms with van der Waals surface area (Å²) >= 11 is 0. The van der Waals surface area contributed by atoms with Gasteiger partial charge in [-0.1, -0.05) is 5.16 Å². The van der Waals surface area contributed by atoms with Gasteiger partial charge in [0.25, 0.3) is 5.91 Å². The maximum absolute atomic E-state index is 13.5. The van der Waals surface area contributed by atoms with Gasteiger partial charge in [-0.3, -0.25) is 4.79 Å². The second-order valence-electron chi connectivity index (χ2n) is 7.34. The van der Waals surface area contributed by atoms with Crippen LogP contribution in [0.25, 0.3) is 11.3 Å². The first-order valence-electron chi connectivity index (χ1n) is 10.5. The molecule has 0 aliphatic carbocycles. The third kappa shape index (κ3) is 4.54. The SMILES string of the molecule is CCOC(=O)c1cc(-c2ccc(OC)c(S(=O)(=O)N3CCN(C(=O)c4ccco4)CC3)c2)on1. The molecule has 1 fully saturated rings. The predicted molar refractivity (Wildman–Crippen MR) is 118 cm³/mol. The van der Waals surface area contributed by atoms with Crippen LogP contribution in [0.4, 0.5) is 0 Å². The molecule has 0 saturated carbocycles. The van der Waals surface area contributed by atoms with Crippen molar-refractivity contribution in [3.05, 3.63) is 54.1 Å². The Morgan fingerprint density at radius 2 is 1.88 bits per heavy atom. The second-order valence-corrected chi connectivity index (χ2v) is 9.24. The van der Waals surface area contributed by atoms with Crippen molar-refractivity contribution < 1.29 is 36.4 Å². The van der Waals surface area contributed by atoms with Gasteiger partial charge in [-0.05, 0) is 37.3 Å². The molecule has 0 N–H and O–H groups in total. The average Bonchev–Trinajstić information content (AvgIpc) is 3.56. The van der Waals surface area contributed by atoms with Crippen molar-refractivity contribution in [3.8, 4) is 17.1 Å². The van der Waals surface area contributed by atoms with Gasteiger partial charge in [-0.25, -0.2) is 13.2 Å². The quantitative estimate of drug-likeness (QED) is 0.458. The number of ether oxygens (including phenoxy) is 2. The number of piperazine rings is 1. The Balaban J connectivity index is 1.56. The highest BCUT2D eigenvalue weighted by Gasteiger charge is 2.33. The van der Waals surface area contributed by atoms with E-state index in [0.29, 0.717) is 5.56 Å². The summed E-state index contributed by atoms with van der Waals surface area (Å²) < 4.78 is 48.8. The number of furan rings is 1. The smallest absolute Gasteiger partial charge is 0.360 e. The van der Waals surface area contributed by atoms with E-state index >= 15 is 0 Å². The zero-order valence-corrected chi connectivity index (χ0v) is 19.4. The molecule has 1 aromatic carbocycles. The summed E-state index contributed by atoms with van der Waals surface area (Å²) in [6, 6.07) is 9.09. The molecule has 3 heterocycles. The number of hydrogen-bond acceptors (Lipinski definition) is 9. The molecule has 180 valence electrons. The van der Waals surface area contributed by atoms with Crippen LogP contribution in [0.2, 0.25) is 0 Å². The van der Waals surface area contributed by atoms with Crippen LogP contribution in [0.1, 0.15) is 28.0 Å². The first-order valence-corrected chi connectivity index (χ1v) is 11.9. The van der Waals surface area contributed by atoms with E-state index in [4.69, 9.17) is 18.4 Å². The Morgan fingerprint density at radius 3 is 2.53 bits per heavy atom. The number of sulfonamides is 1. The van der Waals surface area contributed by atoms with Crippen molar-refractivity contribution in [2.45, 2.75) is 11.8 Å². The fourth-order valence-electron chi connectivity index (χ4n) is 3.57. The minimum atomic E-state index is -3.96. The first-order chi connectivity index (χ1) is 16.3. The van der Waals surface area contributed by atoms with Gasteiger partial charge in [0.1, 0.15) is 10.6 Å². The van der Waals surface area contributed by atoms with Gasteiger partial charge < -0.3 is 23.3 Å². The molecule has 1 aliphatic rings. The minimum Gasteiger partial charge on any atom is -0.495 e. The van der Waals surface area contributed by atoms with Gasteiger partial charge in [0, 0.05) is 37.8 Å². The number of carbonyl (C=O) groups excluding carboxylic acids is 2. The fourth-order valence-corrected chi connectivity index (χ4v) is 5.17. The molecular weight excluding hydrogens is 466 g/mol. The van der Waals surface area contributed by atoms with Crippen LogP contribution < -0.4 is 4.74 Å². The van der Waals surface area contributed by atoms with Crippen molar-refractivity contribution >= 4 is 21.9 Å². The van der Waals surface area contributed by atoms with Gasteiger partial charge in [-0.15, -0.1) is 0 Å². The predicted octanol–water partition coefficient (Wildman–Crippen LogP) is 2.27. The molecule has 11 nitrogen and oxygen atoms in total. The standard InChI is InChI=1S/C22H23N3O8S/c1-3-31-22(27)16-14-19(33-23-16)15-6-7-17(30-2)20(13-15)34(28,29)25-10-8-24(9-11-25)21(26)18-5-4-12-32-18/h4-7,12-14H,3,8-11H2,1-2H3. The summed E-state index contributed by atoms with van der Waals surface area (Å²) in [4.78, 5) is 25.8. The number of amides is 1. The largest absolute Gasteiger partial charge is 0.495 e. The number of esters is 1.